The zero-order valence-corrected chi connectivity index (χ0v) is 13.1. The van der Waals surface area contributed by atoms with E-state index in [1.54, 1.807) is 6.92 Å². The van der Waals surface area contributed by atoms with Crippen LogP contribution in [0.3, 0.4) is 0 Å². The molecule has 1 aromatic rings. The highest BCUT2D eigenvalue weighted by Gasteiger charge is 2.20. The van der Waals surface area contributed by atoms with Crippen LogP contribution in [0.4, 0.5) is 0 Å². The summed E-state index contributed by atoms with van der Waals surface area (Å²) in [4.78, 5) is 15.8. The first-order valence-electron chi connectivity index (χ1n) is 6.11. The van der Waals surface area contributed by atoms with Gasteiger partial charge in [0.15, 0.2) is 11.3 Å². The molecule has 1 heterocycles. The monoisotopic (exact) mass is 317 g/mol. The van der Waals surface area contributed by atoms with Crippen molar-refractivity contribution in [3.05, 3.63) is 23.9 Å². The highest BCUT2D eigenvalue weighted by Crippen LogP contribution is 2.07. The minimum absolute atomic E-state index is 0.152. The number of nitrogens with zero attached hydrogens (tertiary/aromatic N) is 1. The summed E-state index contributed by atoms with van der Waals surface area (Å²) in [6.45, 7) is 1.73. The lowest BCUT2D eigenvalue weighted by molar-refractivity contribution is -0.117. The summed E-state index contributed by atoms with van der Waals surface area (Å²) >= 11 is 0. The van der Waals surface area contributed by atoms with Gasteiger partial charge < -0.3 is 14.8 Å². The molecule has 0 aliphatic heterocycles. The molecule has 0 saturated carbocycles. The third kappa shape index (κ3) is 4.46. The summed E-state index contributed by atoms with van der Waals surface area (Å²) in [5.41, 5.74) is 0.239. The minimum atomic E-state index is -3.62. The lowest BCUT2D eigenvalue weighted by Crippen LogP contribution is -2.43. The van der Waals surface area contributed by atoms with E-state index in [1.165, 1.54) is 39.6 Å². The van der Waals surface area contributed by atoms with E-state index in [4.69, 9.17) is 9.47 Å². The number of pyridine rings is 1. The Bertz CT molecular complexity index is 569. The predicted molar refractivity (Wildman–Crippen MR) is 75.2 cm³/mol. The van der Waals surface area contributed by atoms with Crippen LogP contribution in [0, 0.1) is 0 Å². The van der Waals surface area contributed by atoms with Crippen LogP contribution in [0.25, 0.3) is 0 Å². The number of carbonyl (C=O) groups excluding carboxylic acids is 1. The van der Waals surface area contributed by atoms with Gasteiger partial charge in [-0.1, -0.05) is 0 Å². The van der Waals surface area contributed by atoms with Gasteiger partial charge in [-0.05, 0) is 26.1 Å². The van der Waals surface area contributed by atoms with Gasteiger partial charge in [-0.3, -0.25) is 4.79 Å². The molecule has 2 N–H and O–H groups in total. The number of carbonyl (C=O) groups is 1. The van der Waals surface area contributed by atoms with Gasteiger partial charge in [0.2, 0.25) is 0 Å². The smallest absolute Gasteiger partial charge is 0.257 e. The van der Waals surface area contributed by atoms with Gasteiger partial charge in [0, 0.05) is 20.4 Å². The average Bonchev–Trinajstić information content (AvgIpc) is 2.48. The Hall–Kier alpha value is -1.55. The zero-order chi connectivity index (χ0) is 16.0. The minimum Gasteiger partial charge on any atom is -0.354 e. The fraction of sp³-hybridized carbons (Fsp3) is 0.500. The van der Waals surface area contributed by atoms with Crippen molar-refractivity contribution in [3.8, 4) is 0 Å². The van der Waals surface area contributed by atoms with Gasteiger partial charge in [0.25, 0.3) is 15.9 Å². The molecule has 0 aromatic carbocycles. The first kappa shape index (κ1) is 17.5. The van der Waals surface area contributed by atoms with E-state index >= 15 is 0 Å². The maximum Gasteiger partial charge on any atom is 0.257 e. The van der Waals surface area contributed by atoms with E-state index in [1.807, 2.05) is 0 Å². The van der Waals surface area contributed by atoms with Gasteiger partial charge in [0.1, 0.15) is 0 Å². The molecule has 1 aromatic heterocycles. The largest absolute Gasteiger partial charge is 0.354 e. The van der Waals surface area contributed by atoms with Crippen molar-refractivity contribution in [2.75, 3.05) is 21.3 Å². The quantitative estimate of drug-likeness (QED) is 0.670. The van der Waals surface area contributed by atoms with Gasteiger partial charge in [-0.15, -0.1) is 0 Å². The number of ether oxygens (including phenoxy) is 2. The maximum absolute atomic E-state index is 12.0. The zero-order valence-electron chi connectivity index (χ0n) is 12.3. The highest BCUT2D eigenvalue weighted by molar-refractivity contribution is 7.89. The van der Waals surface area contributed by atoms with E-state index < -0.39 is 22.2 Å². The Morgan fingerprint density at radius 2 is 1.90 bits per heavy atom. The number of amides is 1. The van der Waals surface area contributed by atoms with E-state index in [0.717, 1.165) is 0 Å². The van der Waals surface area contributed by atoms with Crippen molar-refractivity contribution in [2.45, 2.75) is 24.3 Å². The van der Waals surface area contributed by atoms with E-state index in [-0.39, 0.29) is 16.6 Å². The molecule has 0 unspecified atom stereocenters. The highest BCUT2D eigenvalue weighted by atomic mass is 32.2. The fourth-order valence-electron chi connectivity index (χ4n) is 1.64. The molecule has 0 saturated heterocycles. The molecule has 0 aliphatic rings. The molecule has 1 rings (SSSR count). The van der Waals surface area contributed by atoms with E-state index in [0.29, 0.717) is 0 Å². The summed E-state index contributed by atoms with van der Waals surface area (Å²) in [5.74, 6) is -0.400. The number of aromatic nitrogens is 1. The molecular weight excluding hydrogens is 298 g/mol. The molecule has 8 nitrogen and oxygen atoms in total. The second-order valence-electron chi connectivity index (χ2n) is 4.19. The third-order valence-electron chi connectivity index (χ3n) is 2.77. The second kappa shape index (κ2) is 7.46. The molecule has 0 bridgehead atoms. The van der Waals surface area contributed by atoms with Crippen LogP contribution >= 0.6 is 0 Å². The van der Waals surface area contributed by atoms with Gasteiger partial charge >= 0.3 is 0 Å². The molecule has 0 aliphatic carbocycles. The summed E-state index contributed by atoms with van der Waals surface area (Å²) in [7, 11) is 0.605. The van der Waals surface area contributed by atoms with Crippen LogP contribution in [0.5, 0.6) is 0 Å². The Kier molecular flexibility index (Phi) is 6.21. The van der Waals surface area contributed by atoms with Crippen LogP contribution in [-0.2, 0) is 19.5 Å². The van der Waals surface area contributed by atoms with Crippen LogP contribution in [0.15, 0.2) is 23.4 Å². The van der Waals surface area contributed by atoms with Crippen molar-refractivity contribution in [3.63, 3.8) is 0 Å². The molecule has 9 heteroatoms. The lowest BCUT2D eigenvalue weighted by atomic mass is 10.2. The Morgan fingerprint density at radius 1 is 1.29 bits per heavy atom. The number of hydrogen-bond donors (Lipinski definition) is 2. The summed E-state index contributed by atoms with van der Waals surface area (Å²) in [5, 5.41) is 2.52. The van der Waals surface area contributed by atoms with Crippen LogP contribution < -0.4 is 10.0 Å². The molecule has 0 fully saturated rings. The predicted octanol–water partition coefficient (Wildman–Crippen LogP) is -0.273. The molecule has 0 spiro atoms. The third-order valence-corrected chi connectivity index (χ3v) is 4.10. The van der Waals surface area contributed by atoms with Crippen LogP contribution in [0.2, 0.25) is 0 Å². The van der Waals surface area contributed by atoms with Gasteiger partial charge in [-0.25, -0.2) is 18.1 Å². The second-order valence-corrected chi connectivity index (χ2v) is 6.03. The maximum atomic E-state index is 12.0. The van der Waals surface area contributed by atoms with Crippen molar-refractivity contribution in [1.82, 2.24) is 15.0 Å². The number of hydrogen-bond acceptors (Lipinski definition) is 6. The average molecular weight is 317 g/mol. The first-order chi connectivity index (χ1) is 9.85. The molecule has 0 radical (unpaired) electrons. The summed E-state index contributed by atoms with van der Waals surface area (Å²) < 4.78 is 35.3. The molecule has 1 amide bonds. The van der Waals surface area contributed by atoms with Crippen molar-refractivity contribution in [1.29, 1.82) is 0 Å². The van der Waals surface area contributed by atoms with Gasteiger partial charge in [0.05, 0.1) is 11.6 Å². The SMILES string of the molecule is CNS(=O)(=O)c1ccc(C(=O)N[C@@H](C)C(OC)OC)cn1. The lowest BCUT2D eigenvalue weighted by Gasteiger charge is -2.22. The Labute approximate surface area is 123 Å². The number of nitrogens with one attached hydrogen (secondary N) is 2. The van der Waals surface area contributed by atoms with E-state index in [9.17, 15) is 13.2 Å². The van der Waals surface area contributed by atoms with Crippen molar-refractivity contribution < 1.29 is 22.7 Å². The Morgan fingerprint density at radius 3 is 2.33 bits per heavy atom. The van der Waals surface area contributed by atoms with Crippen molar-refractivity contribution in [2.24, 2.45) is 0 Å². The van der Waals surface area contributed by atoms with E-state index in [2.05, 4.69) is 15.0 Å². The molecule has 1 atom stereocenters. The molecular formula is C12H19N3O5S. The van der Waals surface area contributed by atoms with Crippen LogP contribution in [-0.4, -0.2) is 52.9 Å². The fourth-order valence-corrected chi connectivity index (χ4v) is 2.29. The summed E-state index contributed by atoms with van der Waals surface area (Å²) in [6, 6.07) is 2.26. The molecule has 118 valence electrons. The number of rotatable bonds is 7. The number of sulfonamides is 1. The number of methoxy groups -OCH3 is 2. The molecule has 21 heavy (non-hydrogen) atoms. The van der Waals surface area contributed by atoms with Crippen LogP contribution in [0.1, 0.15) is 17.3 Å². The van der Waals surface area contributed by atoms with Crippen molar-refractivity contribution >= 4 is 15.9 Å². The first-order valence-corrected chi connectivity index (χ1v) is 7.60. The topological polar surface area (TPSA) is 107 Å². The Balaban J connectivity index is 2.81. The normalized spacial score (nSPS) is 13.2. The van der Waals surface area contributed by atoms with Gasteiger partial charge in [-0.2, -0.15) is 0 Å². The summed E-state index contributed by atoms with van der Waals surface area (Å²) in [6.07, 6.45) is 0.617. The standard InChI is InChI=1S/C12H19N3O5S/c1-8(12(19-3)20-4)15-11(16)9-5-6-10(14-7-9)21(17,18)13-2/h5-8,12-13H,1-4H3,(H,15,16)/t8-/m0/s1.